The van der Waals surface area contributed by atoms with Crippen LogP contribution in [0, 0.1) is 18.6 Å². The Morgan fingerprint density at radius 2 is 1.81 bits per heavy atom. The zero-order valence-corrected chi connectivity index (χ0v) is 14.4. The van der Waals surface area contributed by atoms with Gasteiger partial charge in [-0.15, -0.1) is 0 Å². The summed E-state index contributed by atoms with van der Waals surface area (Å²) < 4.78 is 27.3. The molecule has 0 saturated carbocycles. The lowest BCUT2D eigenvalue weighted by atomic mass is 10.2. The van der Waals surface area contributed by atoms with E-state index in [-0.39, 0.29) is 5.82 Å². The van der Waals surface area contributed by atoms with E-state index in [9.17, 15) is 13.6 Å². The minimum absolute atomic E-state index is 0.177. The molecular formula is C19H14ClF2N3O. The lowest BCUT2D eigenvalue weighted by Gasteiger charge is -2.11. The molecule has 1 amide bonds. The molecule has 0 radical (unpaired) electrons. The molecule has 0 saturated heterocycles. The van der Waals surface area contributed by atoms with Gasteiger partial charge in [0.25, 0.3) is 5.91 Å². The molecule has 0 atom stereocenters. The quantitative estimate of drug-likeness (QED) is 0.651. The molecule has 4 nitrogen and oxygen atoms in total. The van der Waals surface area contributed by atoms with E-state index in [0.717, 1.165) is 23.4 Å². The molecule has 2 aromatic carbocycles. The topological polar surface area (TPSA) is 54.0 Å². The van der Waals surface area contributed by atoms with Crippen LogP contribution in [0.5, 0.6) is 0 Å². The van der Waals surface area contributed by atoms with E-state index in [1.165, 1.54) is 18.3 Å². The number of nitrogens with zero attached hydrogens (tertiary/aromatic N) is 1. The highest BCUT2D eigenvalue weighted by Crippen LogP contribution is 2.24. The van der Waals surface area contributed by atoms with Gasteiger partial charge in [0.05, 0.1) is 11.9 Å². The summed E-state index contributed by atoms with van der Waals surface area (Å²) in [6.07, 6.45) is 1.50. The first-order valence-corrected chi connectivity index (χ1v) is 8.06. The monoisotopic (exact) mass is 373 g/mol. The Bertz CT molecular complexity index is 941. The number of hydrogen-bond donors (Lipinski definition) is 2. The van der Waals surface area contributed by atoms with Crippen LogP contribution in [0.2, 0.25) is 5.02 Å². The van der Waals surface area contributed by atoms with Crippen molar-refractivity contribution >= 4 is 34.7 Å². The summed E-state index contributed by atoms with van der Waals surface area (Å²) >= 11 is 5.93. The highest BCUT2D eigenvalue weighted by molar-refractivity contribution is 6.30. The highest BCUT2D eigenvalue weighted by atomic mass is 35.5. The van der Waals surface area contributed by atoms with E-state index < -0.39 is 23.1 Å². The number of carbonyl (C=O) groups excluding carboxylic acids is 1. The van der Waals surface area contributed by atoms with Crippen molar-refractivity contribution in [3.63, 3.8) is 0 Å². The summed E-state index contributed by atoms with van der Waals surface area (Å²) in [7, 11) is 0. The molecule has 0 aliphatic heterocycles. The van der Waals surface area contributed by atoms with E-state index in [0.29, 0.717) is 10.7 Å². The fourth-order valence-corrected chi connectivity index (χ4v) is 2.58. The first kappa shape index (κ1) is 17.8. The molecule has 0 aliphatic rings. The number of amides is 1. The van der Waals surface area contributed by atoms with Crippen molar-refractivity contribution < 1.29 is 13.6 Å². The lowest BCUT2D eigenvalue weighted by molar-refractivity contribution is 0.101. The average molecular weight is 374 g/mol. The van der Waals surface area contributed by atoms with Crippen LogP contribution in [0.4, 0.5) is 26.0 Å². The fourth-order valence-electron chi connectivity index (χ4n) is 2.36. The SMILES string of the molecule is Cc1cc(Cl)ccc1Nc1ccc(NC(=O)c2c(F)cccc2F)nc1. The number of nitrogens with one attached hydrogen (secondary N) is 2. The Morgan fingerprint density at radius 1 is 1.08 bits per heavy atom. The predicted molar refractivity (Wildman–Crippen MR) is 98.0 cm³/mol. The normalized spacial score (nSPS) is 10.5. The number of pyridine rings is 1. The molecule has 2 N–H and O–H groups in total. The standard InChI is InChI=1S/C19H14ClF2N3O/c1-11-9-12(20)5-7-16(11)24-13-6-8-17(23-10-13)25-19(26)18-14(21)3-2-4-15(18)22/h2-10,24H,1H3,(H,23,25,26). The third-order valence-electron chi connectivity index (χ3n) is 3.66. The molecule has 3 rings (SSSR count). The number of carbonyl (C=O) groups is 1. The highest BCUT2D eigenvalue weighted by Gasteiger charge is 2.17. The molecule has 0 aliphatic carbocycles. The second-order valence-corrected chi connectivity index (χ2v) is 6.00. The Hall–Kier alpha value is -2.99. The van der Waals surface area contributed by atoms with Gasteiger partial charge >= 0.3 is 0 Å². The molecule has 132 valence electrons. The molecular weight excluding hydrogens is 360 g/mol. The maximum absolute atomic E-state index is 13.6. The first-order valence-electron chi connectivity index (χ1n) is 7.68. The Kier molecular flexibility index (Phi) is 5.14. The lowest BCUT2D eigenvalue weighted by Crippen LogP contribution is -2.16. The average Bonchev–Trinajstić information content (AvgIpc) is 2.59. The minimum Gasteiger partial charge on any atom is -0.354 e. The van der Waals surface area contributed by atoms with Gasteiger partial charge in [0.15, 0.2) is 0 Å². The largest absolute Gasteiger partial charge is 0.354 e. The van der Waals surface area contributed by atoms with Crippen molar-refractivity contribution in [3.05, 3.63) is 82.5 Å². The molecule has 0 unspecified atom stereocenters. The summed E-state index contributed by atoms with van der Waals surface area (Å²) in [5, 5.41) is 6.19. The van der Waals surface area contributed by atoms with Crippen LogP contribution in [0.15, 0.2) is 54.7 Å². The summed E-state index contributed by atoms with van der Waals surface area (Å²) in [4.78, 5) is 16.1. The molecule has 3 aromatic rings. The Labute approximate surface area is 153 Å². The summed E-state index contributed by atoms with van der Waals surface area (Å²) in [5.74, 6) is -2.59. The number of rotatable bonds is 4. The number of halogens is 3. The molecule has 0 bridgehead atoms. The zero-order valence-electron chi connectivity index (χ0n) is 13.7. The predicted octanol–water partition coefficient (Wildman–Crippen LogP) is 5.32. The van der Waals surface area contributed by atoms with Crippen molar-refractivity contribution in [1.29, 1.82) is 0 Å². The number of anilines is 3. The fraction of sp³-hybridized carbons (Fsp3) is 0.0526. The van der Waals surface area contributed by atoms with Crippen LogP contribution in [-0.2, 0) is 0 Å². The zero-order chi connectivity index (χ0) is 18.7. The molecule has 1 heterocycles. The third-order valence-corrected chi connectivity index (χ3v) is 3.90. The van der Waals surface area contributed by atoms with Crippen LogP contribution >= 0.6 is 11.6 Å². The third kappa shape index (κ3) is 3.97. The molecule has 26 heavy (non-hydrogen) atoms. The number of benzene rings is 2. The van der Waals surface area contributed by atoms with Gasteiger partial charge in [0.1, 0.15) is 23.0 Å². The van der Waals surface area contributed by atoms with E-state index in [4.69, 9.17) is 11.6 Å². The Balaban J connectivity index is 1.72. The van der Waals surface area contributed by atoms with Crippen LogP contribution in [-0.4, -0.2) is 10.9 Å². The van der Waals surface area contributed by atoms with Crippen molar-refractivity contribution in [3.8, 4) is 0 Å². The van der Waals surface area contributed by atoms with E-state index in [2.05, 4.69) is 15.6 Å². The van der Waals surface area contributed by atoms with Crippen molar-refractivity contribution in [2.24, 2.45) is 0 Å². The van der Waals surface area contributed by atoms with E-state index in [1.54, 1.807) is 12.1 Å². The van der Waals surface area contributed by atoms with E-state index in [1.807, 2.05) is 19.1 Å². The van der Waals surface area contributed by atoms with Crippen LogP contribution < -0.4 is 10.6 Å². The first-order chi connectivity index (χ1) is 12.4. The van der Waals surface area contributed by atoms with Crippen molar-refractivity contribution in [2.75, 3.05) is 10.6 Å². The van der Waals surface area contributed by atoms with Crippen molar-refractivity contribution in [1.82, 2.24) is 4.98 Å². The van der Waals surface area contributed by atoms with Gasteiger partial charge in [-0.2, -0.15) is 0 Å². The van der Waals surface area contributed by atoms with Gasteiger partial charge < -0.3 is 10.6 Å². The minimum atomic E-state index is -0.931. The van der Waals surface area contributed by atoms with Gasteiger partial charge in [-0.25, -0.2) is 13.8 Å². The van der Waals surface area contributed by atoms with Gasteiger partial charge in [-0.1, -0.05) is 17.7 Å². The van der Waals surface area contributed by atoms with Gasteiger partial charge in [0, 0.05) is 10.7 Å². The summed E-state index contributed by atoms with van der Waals surface area (Å²) in [5.41, 5.74) is 1.87. The van der Waals surface area contributed by atoms with Crippen molar-refractivity contribution in [2.45, 2.75) is 6.92 Å². The Morgan fingerprint density at radius 3 is 2.42 bits per heavy atom. The number of aryl methyl sites for hydroxylation is 1. The maximum atomic E-state index is 13.6. The van der Waals surface area contributed by atoms with Gasteiger partial charge in [0.2, 0.25) is 0 Å². The second-order valence-electron chi connectivity index (χ2n) is 5.57. The van der Waals surface area contributed by atoms with E-state index >= 15 is 0 Å². The molecule has 1 aromatic heterocycles. The van der Waals surface area contributed by atoms with Gasteiger partial charge in [-0.05, 0) is 55.0 Å². The number of aromatic nitrogens is 1. The summed E-state index contributed by atoms with van der Waals surface area (Å²) in [6.45, 7) is 1.92. The van der Waals surface area contributed by atoms with Crippen LogP contribution in [0.1, 0.15) is 15.9 Å². The van der Waals surface area contributed by atoms with Gasteiger partial charge in [-0.3, -0.25) is 4.79 Å². The second kappa shape index (κ2) is 7.49. The number of hydrogen-bond acceptors (Lipinski definition) is 3. The molecule has 0 fully saturated rings. The summed E-state index contributed by atoms with van der Waals surface area (Å²) in [6, 6.07) is 11.9. The maximum Gasteiger partial charge on any atom is 0.262 e. The van der Waals surface area contributed by atoms with Crippen LogP contribution in [0.25, 0.3) is 0 Å². The molecule has 0 spiro atoms. The smallest absolute Gasteiger partial charge is 0.262 e. The van der Waals surface area contributed by atoms with Crippen LogP contribution in [0.3, 0.4) is 0 Å². The molecule has 7 heteroatoms.